The molecule has 0 spiro atoms. The summed E-state index contributed by atoms with van der Waals surface area (Å²) in [7, 11) is 0. The third-order valence-electron chi connectivity index (χ3n) is 4.56. The molecular weight excluding hydrogens is 358 g/mol. The van der Waals surface area contributed by atoms with Gasteiger partial charge in [-0.15, -0.1) is 0 Å². The monoisotopic (exact) mass is 379 g/mol. The van der Waals surface area contributed by atoms with Crippen LogP contribution in [-0.4, -0.2) is 21.8 Å². The van der Waals surface area contributed by atoms with Crippen molar-refractivity contribution in [1.82, 2.24) is 9.78 Å². The summed E-state index contributed by atoms with van der Waals surface area (Å²) in [5.41, 5.74) is 4.22. The number of nitrogens with zero attached hydrogens (tertiary/aromatic N) is 2. The van der Waals surface area contributed by atoms with Crippen molar-refractivity contribution >= 4 is 23.5 Å². The molecule has 0 saturated carbocycles. The van der Waals surface area contributed by atoms with Crippen molar-refractivity contribution in [2.45, 2.75) is 31.5 Å². The van der Waals surface area contributed by atoms with Crippen molar-refractivity contribution in [3.63, 3.8) is 0 Å². The Morgan fingerprint density at radius 3 is 2.67 bits per heavy atom. The predicted octanol–water partition coefficient (Wildman–Crippen LogP) is 4.33. The molecule has 0 fully saturated rings. The van der Waals surface area contributed by atoms with Gasteiger partial charge in [0.2, 0.25) is 0 Å². The Labute approximate surface area is 162 Å². The van der Waals surface area contributed by atoms with E-state index in [1.165, 1.54) is 0 Å². The summed E-state index contributed by atoms with van der Waals surface area (Å²) in [6.45, 7) is 3.80. The number of benzene rings is 2. The van der Waals surface area contributed by atoms with Crippen molar-refractivity contribution < 1.29 is 9.53 Å². The largest absolute Gasteiger partial charge is 0.481 e. The number of carbonyl (C=O) groups is 1. The third kappa shape index (κ3) is 3.57. The first kappa shape index (κ1) is 17.7. The lowest BCUT2D eigenvalue weighted by Crippen LogP contribution is -2.31. The van der Waals surface area contributed by atoms with E-state index in [-0.39, 0.29) is 5.91 Å². The summed E-state index contributed by atoms with van der Waals surface area (Å²) >= 11 is 1.81. The van der Waals surface area contributed by atoms with Gasteiger partial charge >= 0.3 is 0 Å². The molecule has 138 valence electrons. The minimum atomic E-state index is -0.614. The number of aromatic nitrogens is 2. The first-order valence-corrected chi connectivity index (χ1v) is 10.1. The van der Waals surface area contributed by atoms with Gasteiger partial charge in [-0.05, 0) is 37.6 Å². The van der Waals surface area contributed by atoms with Gasteiger partial charge in [0.25, 0.3) is 5.91 Å². The van der Waals surface area contributed by atoms with Gasteiger partial charge in [-0.1, -0.05) is 36.4 Å². The van der Waals surface area contributed by atoms with E-state index in [0.717, 1.165) is 39.8 Å². The van der Waals surface area contributed by atoms with Crippen LogP contribution in [0.15, 0.2) is 54.6 Å². The first-order chi connectivity index (χ1) is 13.1. The summed E-state index contributed by atoms with van der Waals surface area (Å²) in [5, 5.41) is 7.82. The molecule has 1 aromatic heterocycles. The van der Waals surface area contributed by atoms with E-state index in [1.54, 1.807) is 6.92 Å². The zero-order valence-electron chi connectivity index (χ0n) is 15.3. The molecular formula is C21H21N3O2S. The molecule has 5 nitrogen and oxygen atoms in total. The van der Waals surface area contributed by atoms with Crippen LogP contribution >= 0.6 is 11.8 Å². The highest BCUT2D eigenvalue weighted by molar-refractivity contribution is 7.98. The highest BCUT2D eigenvalue weighted by Gasteiger charge is 2.26. The van der Waals surface area contributed by atoms with Crippen LogP contribution in [0.3, 0.4) is 0 Å². The minimum Gasteiger partial charge on any atom is -0.481 e. The number of amides is 1. The van der Waals surface area contributed by atoms with Crippen LogP contribution in [0.1, 0.15) is 23.7 Å². The van der Waals surface area contributed by atoms with E-state index >= 15 is 0 Å². The topological polar surface area (TPSA) is 56.2 Å². The van der Waals surface area contributed by atoms with E-state index < -0.39 is 6.10 Å². The normalized spacial score (nSPS) is 13.9. The highest BCUT2D eigenvalue weighted by Crippen LogP contribution is 2.36. The molecule has 0 aliphatic carbocycles. The number of para-hydroxylation sites is 2. The first-order valence-electron chi connectivity index (χ1n) is 8.90. The second-order valence-electron chi connectivity index (χ2n) is 6.53. The number of aryl methyl sites for hydroxylation is 1. The van der Waals surface area contributed by atoms with Gasteiger partial charge in [0, 0.05) is 17.1 Å². The quantitative estimate of drug-likeness (QED) is 0.717. The van der Waals surface area contributed by atoms with Crippen LogP contribution in [0.2, 0.25) is 0 Å². The van der Waals surface area contributed by atoms with Crippen LogP contribution < -0.4 is 10.1 Å². The Morgan fingerprint density at radius 2 is 1.89 bits per heavy atom. The molecule has 1 atom stereocenters. The second-order valence-corrected chi connectivity index (χ2v) is 7.51. The van der Waals surface area contributed by atoms with Gasteiger partial charge in [0.05, 0.1) is 11.4 Å². The average molecular weight is 379 g/mol. The van der Waals surface area contributed by atoms with Crippen LogP contribution in [0.4, 0.5) is 5.82 Å². The Hall–Kier alpha value is -2.73. The van der Waals surface area contributed by atoms with Crippen LogP contribution in [-0.2, 0) is 16.3 Å². The van der Waals surface area contributed by atoms with Crippen LogP contribution in [0.5, 0.6) is 5.75 Å². The molecule has 1 aliphatic heterocycles. The Bertz CT molecular complexity index is 969. The van der Waals surface area contributed by atoms with Gasteiger partial charge in [0.1, 0.15) is 11.6 Å². The van der Waals surface area contributed by atoms with Crippen molar-refractivity contribution in [2.24, 2.45) is 0 Å². The lowest BCUT2D eigenvalue weighted by atomic mass is 10.2. The fourth-order valence-electron chi connectivity index (χ4n) is 3.09. The number of ether oxygens (including phenoxy) is 1. The lowest BCUT2D eigenvalue weighted by molar-refractivity contribution is -0.122. The minimum absolute atomic E-state index is 0.187. The van der Waals surface area contributed by atoms with E-state index in [1.807, 2.05) is 78.0 Å². The van der Waals surface area contributed by atoms with Crippen LogP contribution in [0, 0.1) is 6.92 Å². The van der Waals surface area contributed by atoms with E-state index in [2.05, 4.69) is 5.32 Å². The number of nitrogens with one attached hydrogen (secondary N) is 1. The summed E-state index contributed by atoms with van der Waals surface area (Å²) in [6, 6.07) is 17.4. The lowest BCUT2D eigenvalue weighted by Gasteiger charge is -2.17. The molecule has 1 N–H and O–H groups in total. The molecule has 4 rings (SSSR count). The molecule has 0 radical (unpaired) electrons. The Balaban J connectivity index is 1.62. The maximum atomic E-state index is 12.8. The maximum absolute atomic E-state index is 12.8. The van der Waals surface area contributed by atoms with E-state index in [0.29, 0.717) is 5.75 Å². The van der Waals surface area contributed by atoms with Gasteiger partial charge in [-0.3, -0.25) is 4.79 Å². The summed E-state index contributed by atoms with van der Waals surface area (Å²) in [6.07, 6.45) is -0.614. The maximum Gasteiger partial charge on any atom is 0.266 e. The fraction of sp³-hybridized carbons (Fsp3) is 0.238. The number of carbonyl (C=O) groups excluding carboxylic acids is 1. The fourth-order valence-corrected chi connectivity index (χ4v) is 4.13. The van der Waals surface area contributed by atoms with Gasteiger partial charge in [0.15, 0.2) is 6.10 Å². The molecule has 2 heterocycles. The van der Waals surface area contributed by atoms with Gasteiger partial charge in [-0.25, -0.2) is 4.68 Å². The molecule has 6 heteroatoms. The Kier molecular flexibility index (Phi) is 4.90. The summed E-state index contributed by atoms with van der Waals surface area (Å²) in [4.78, 5) is 12.8. The molecule has 3 aromatic rings. The highest BCUT2D eigenvalue weighted by atomic mass is 32.2. The SMILES string of the molecule is Cc1ccccc1-n1nc2c(c1NC(=O)C(C)Oc1ccccc1)CSC2. The van der Waals surface area contributed by atoms with Crippen molar-refractivity contribution in [2.75, 3.05) is 5.32 Å². The zero-order valence-corrected chi connectivity index (χ0v) is 16.1. The number of rotatable bonds is 5. The van der Waals surface area contributed by atoms with Crippen molar-refractivity contribution in [3.8, 4) is 11.4 Å². The molecule has 1 aliphatic rings. The second kappa shape index (κ2) is 7.48. The third-order valence-corrected chi connectivity index (χ3v) is 5.53. The number of thioether (sulfide) groups is 1. The van der Waals surface area contributed by atoms with Gasteiger partial charge < -0.3 is 10.1 Å². The molecule has 27 heavy (non-hydrogen) atoms. The van der Waals surface area contributed by atoms with E-state index in [9.17, 15) is 4.79 Å². The standard InChI is InChI=1S/C21H21N3O2S/c1-14-8-6-7-11-19(14)24-20(17-12-27-13-18(17)23-24)22-21(25)15(2)26-16-9-4-3-5-10-16/h3-11,15H,12-13H2,1-2H3,(H,22,25). The molecule has 0 bridgehead atoms. The van der Waals surface area contributed by atoms with Gasteiger partial charge in [-0.2, -0.15) is 16.9 Å². The van der Waals surface area contributed by atoms with Crippen molar-refractivity contribution in [1.29, 1.82) is 0 Å². The van der Waals surface area contributed by atoms with Crippen LogP contribution in [0.25, 0.3) is 5.69 Å². The zero-order chi connectivity index (χ0) is 18.8. The molecule has 0 saturated heterocycles. The summed E-state index contributed by atoms with van der Waals surface area (Å²) in [5.74, 6) is 2.96. The molecule has 2 aromatic carbocycles. The van der Waals surface area contributed by atoms with E-state index in [4.69, 9.17) is 9.84 Å². The number of hydrogen-bond acceptors (Lipinski definition) is 4. The summed E-state index contributed by atoms with van der Waals surface area (Å²) < 4.78 is 7.62. The van der Waals surface area contributed by atoms with Crippen molar-refractivity contribution in [3.05, 3.63) is 71.4 Å². The number of anilines is 1. The molecule has 1 unspecified atom stereocenters. The average Bonchev–Trinajstić information content (AvgIpc) is 3.25. The number of hydrogen-bond donors (Lipinski definition) is 1. The molecule has 1 amide bonds. The smallest absolute Gasteiger partial charge is 0.266 e. The Morgan fingerprint density at radius 1 is 1.15 bits per heavy atom. The number of fused-ring (bicyclic) bond motifs is 1. The predicted molar refractivity (Wildman–Crippen MR) is 108 cm³/mol.